The van der Waals surface area contributed by atoms with E-state index in [9.17, 15) is 14.0 Å². The molecular weight excluding hydrogens is 317 g/mol. The van der Waals surface area contributed by atoms with Crippen molar-refractivity contribution in [2.75, 3.05) is 17.7 Å². The van der Waals surface area contributed by atoms with E-state index in [1.165, 1.54) is 23.9 Å². The van der Waals surface area contributed by atoms with Crippen molar-refractivity contribution in [3.8, 4) is 0 Å². The van der Waals surface area contributed by atoms with Crippen LogP contribution in [-0.2, 0) is 9.53 Å². The molecule has 0 saturated heterocycles. The molecule has 2 aromatic rings. The fourth-order valence-corrected chi connectivity index (χ4v) is 2.51. The smallest absolute Gasteiger partial charge is 0.338 e. The molecule has 0 saturated carbocycles. The lowest BCUT2D eigenvalue weighted by Gasteiger charge is -2.07. The van der Waals surface area contributed by atoms with Crippen molar-refractivity contribution in [1.29, 1.82) is 0 Å². The molecule has 0 atom stereocenters. The molecule has 0 unspecified atom stereocenters. The van der Waals surface area contributed by atoms with E-state index in [4.69, 9.17) is 4.74 Å². The Kier molecular flexibility index (Phi) is 6.17. The lowest BCUT2D eigenvalue weighted by molar-refractivity contribution is -0.113. The molecule has 0 aliphatic carbocycles. The number of thioether (sulfide) groups is 1. The maximum absolute atomic E-state index is 12.8. The summed E-state index contributed by atoms with van der Waals surface area (Å²) in [6.07, 6.45) is 0. The van der Waals surface area contributed by atoms with Crippen LogP contribution >= 0.6 is 11.8 Å². The Balaban J connectivity index is 1.91. The van der Waals surface area contributed by atoms with E-state index in [2.05, 4.69) is 5.32 Å². The van der Waals surface area contributed by atoms with Crippen LogP contribution in [0.5, 0.6) is 0 Å². The Morgan fingerprint density at radius 2 is 1.91 bits per heavy atom. The van der Waals surface area contributed by atoms with Gasteiger partial charge in [0.05, 0.1) is 17.9 Å². The van der Waals surface area contributed by atoms with Gasteiger partial charge in [-0.05, 0) is 49.4 Å². The molecule has 1 N–H and O–H groups in total. The highest BCUT2D eigenvalue weighted by atomic mass is 32.2. The maximum atomic E-state index is 12.8. The summed E-state index contributed by atoms with van der Waals surface area (Å²) in [7, 11) is 0. The topological polar surface area (TPSA) is 55.4 Å². The van der Waals surface area contributed by atoms with Gasteiger partial charge < -0.3 is 10.1 Å². The Morgan fingerprint density at radius 1 is 1.17 bits per heavy atom. The van der Waals surface area contributed by atoms with Crippen molar-refractivity contribution >= 4 is 29.3 Å². The van der Waals surface area contributed by atoms with Crippen LogP contribution in [0.4, 0.5) is 10.1 Å². The first kappa shape index (κ1) is 17.0. The minimum Gasteiger partial charge on any atom is -0.462 e. The third-order valence-electron chi connectivity index (χ3n) is 2.84. The van der Waals surface area contributed by atoms with Gasteiger partial charge in [-0.1, -0.05) is 6.07 Å². The number of amides is 1. The summed E-state index contributed by atoms with van der Waals surface area (Å²) >= 11 is 1.30. The first-order valence-corrected chi connectivity index (χ1v) is 8.02. The molecule has 0 bridgehead atoms. The number of rotatable bonds is 6. The summed E-state index contributed by atoms with van der Waals surface area (Å²) in [6, 6.07) is 12.5. The second kappa shape index (κ2) is 8.33. The standard InChI is InChI=1S/C17H16FNO3S/c1-2-22-17(21)12-4-3-5-14(10-12)19-16(20)11-23-15-8-6-13(18)7-9-15/h3-10H,2,11H2,1H3,(H,19,20). The van der Waals surface area contributed by atoms with E-state index < -0.39 is 5.97 Å². The van der Waals surface area contributed by atoms with Crippen molar-refractivity contribution in [2.45, 2.75) is 11.8 Å². The molecule has 1 amide bonds. The van der Waals surface area contributed by atoms with Crippen LogP contribution in [0.2, 0.25) is 0 Å². The first-order valence-electron chi connectivity index (χ1n) is 7.04. The van der Waals surface area contributed by atoms with Crippen molar-refractivity contribution in [3.63, 3.8) is 0 Å². The predicted molar refractivity (Wildman–Crippen MR) is 88.2 cm³/mol. The van der Waals surface area contributed by atoms with E-state index in [-0.39, 0.29) is 17.5 Å². The van der Waals surface area contributed by atoms with Gasteiger partial charge in [-0.25, -0.2) is 9.18 Å². The minimum absolute atomic E-state index is 0.190. The summed E-state index contributed by atoms with van der Waals surface area (Å²) < 4.78 is 17.7. The van der Waals surface area contributed by atoms with Gasteiger partial charge in [-0.15, -0.1) is 11.8 Å². The van der Waals surface area contributed by atoms with Gasteiger partial charge in [-0.2, -0.15) is 0 Å². The number of carbonyl (C=O) groups is 2. The molecule has 0 heterocycles. The summed E-state index contributed by atoms with van der Waals surface area (Å²) in [6.45, 7) is 2.03. The molecule has 2 aromatic carbocycles. The monoisotopic (exact) mass is 333 g/mol. The number of nitrogens with one attached hydrogen (secondary N) is 1. The molecule has 23 heavy (non-hydrogen) atoms. The Morgan fingerprint density at radius 3 is 2.61 bits per heavy atom. The SMILES string of the molecule is CCOC(=O)c1cccc(NC(=O)CSc2ccc(F)cc2)c1. The Labute approximate surface area is 138 Å². The second-order valence-electron chi connectivity index (χ2n) is 4.59. The van der Waals surface area contributed by atoms with Gasteiger partial charge in [0.2, 0.25) is 5.91 Å². The van der Waals surface area contributed by atoms with Crippen molar-refractivity contribution in [3.05, 3.63) is 59.9 Å². The highest BCUT2D eigenvalue weighted by Gasteiger charge is 2.09. The molecule has 0 aliphatic rings. The number of hydrogen-bond acceptors (Lipinski definition) is 4. The van der Waals surface area contributed by atoms with Crippen molar-refractivity contribution in [2.24, 2.45) is 0 Å². The number of anilines is 1. The zero-order valence-electron chi connectivity index (χ0n) is 12.5. The van der Waals surface area contributed by atoms with Gasteiger partial charge in [0.1, 0.15) is 5.82 Å². The highest BCUT2D eigenvalue weighted by Crippen LogP contribution is 2.19. The minimum atomic E-state index is -0.427. The molecule has 2 rings (SSSR count). The summed E-state index contributed by atoms with van der Waals surface area (Å²) in [5, 5.41) is 2.72. The molecule has 120 valence electrons. The van der Waals surface area contributed by atoms with Crippen LogP contribution in [0.1, 0.15) is 17.3 Å². The lowest BCUT2D eigenvalue weighted by atomic mass is 10.2. The molecule has 0 aromatic heterocycles. The quantitative estimate of drug-likeness (QED) is 0.646. The number of carbonyl (C=O) groups excluding carboxylic acids is 2. The molecule has 0 fully saturated rings. The van der Waals surface area contributed by atoms with Crippen LogP contribution in [-0.4, -0.2) is 24.2 Å². The fourth-order valence-electron chi connectivity index (χ4n) is 1.82. The van der Waals surface area contributed by atoms with Gasteiger partial charge in [0.25, 0.3) is 0 Å². The van der Waals surface area contributed by atoms with E-state index >= 15 is 0 Å². The van der Waals surface area contributed by atoms with E-state index in [0.717, 1.165) is 4.90 Å². The fraction of sp³-hybridized carbons (Fsp3) is 0.176. The maximum Gasteiger partial charge on any atom is 0.338 e. The number of esters is 1. The second-order valence-corrected chi connectivity index (χ2v) is 5.64. The van der Waals surface area contributed by atoms with Gasteiger partial charge in [0.15, 0.2) is 0 Å². The van der Waals surface area contributed by atoms with Crippen molar-refractivity contribution < 1.29 is 18.7 Å². The molecule has 6 heteroatoms. The molecular formula is C17H16FNO3S. The summed E-state index contributed by atoms with van der Waals surface area (Å²) in [5.41, 5.74) is 0.913. The Hall–Kier alpha value is -2.34. The van der Waals surface area contributed by atoms with Gasteiger partial charge in [0, 0.05) is 10.6 Å². The molecule has 0 aliphatic heterocycles. The molecule has 4 nitrogen and oxygen atoms in total. The van der Waals surface area contributed by atoms with Crippen LogP contribution in [0, 0.1) is 5.82 Å². The zero-order chi connectivity index (χ0) is 16.7. The lowest BCUT2D eigenvalue weighted by Crippen LogP contribution is -2.14. The number of halogens is 1. The van der Waals surface area contributed by atoms with Crippen LogP contribution in [0.3, 0.4) is 0 Å². The number of benzene rings is 2. The van der Waals surface area contributed by atoms with Crippen LogP contribution in [0.25, 0.3) is 0 Å². The third-order valence-corrected chi connectivity index (χ3v) is 3.85. The number of ether oxygens (including phenoxy) is 1. The first-order chi connectivity index (χ1) is 11.1. The molecule has 0 radical (unpaired) electrons. The van der Waals surface area contributed by atoms with Crippen molar-refractivity contribution in [1.82, 2.24) is 0 Å². The predicted octanol–water partition coefficient (Wildman–Crippen LogP) is 3.73. The van der Waals surface area contributed by atoms with Crippen LogP contribution < -0.4 is 5.32 Å². The number of hydrogen-bond donors (Lipinski definition) is 1. The van der Waals surface area contributed by atoms with Gasteiger partial charge >= 0.3 is 5.97 Å². The van der Waals surface area contributed by atoms with E-state index in [1.807, 2.05) is 0 Å². The highest BCUT2D eigenvalue weighted by molar-refractivity contribution is 8.00. The van der Waals surface area contributed by atoms with E-state index in [1.54, 1.807) is 43.3 Å². The average molecular weight is 333 g/mol. The average Bonchev–Trinajstić information content (AvgIpc) is 2.55. The third kappa shape index (κ3) is 5.41. The largest absolute Gasteiger partial charge is 0.462 e. The van der Waals surface area contributed by atoms with Gasteiger partial charge in [-0.3, -0.25) is 4.79 Å². The summed E-state index contributed by atoms with van der Waals surface area (Å²) in [5.74, 6) is -0.755. The summed E-state index contributed by atoms with van der Waals surface area (Å²) in [4.78, 5) is 24.4. The normalized spacial score (nSPS) is 10.2. The Bertz CT molecular complexity index is 688. The molecule has 0 spiro atoms. The van der Waals surface area contributed by atoms with E-state index in [0.29, 0.717) is 17.9 Å². The zero-order valence-corrected chi connectivity index (χ0v) is 13.4. The van der Waals surface area contributed by atoms with Crippen LogP contribution in [0.15, 0.2) is 53.4 Å².